The molecule has 0 aliphatic heterocycles. The quantitative estimate of drug-likeness (QED) is 0.742. The molecule has 2 atom stereocenters. The summed E-state index contributed by atoms with van der Waals surface area (Å²) in [6, 6.07) is 10.5. The number of carbonyl (C=O) groups is 1. The van der Waals surface area contributed by atoms with E-state index in [0.717, 1.165) is 17.7 Å². The van der Waals surface area contributed by atoms with Gasteiger partial charge in [0, 0.05) is 5.69 Å². The van der Waals surface area contributed by atoms with E-state index in [-0.39, 0.29) is 23.3 Å². The molecule has 0 spiro atoms. The van der Waals surface area contributed by atoms with Crippen molar-refractivity contribution in [2.75, 3.05) is 5.32 Å². The van der Waals surface area contributed by atoms with E-state index in [2.05, 4.69) is 5.32 Å². The minimum absolute atomic E-state index is 0.0103. The Kier molecular flexibility index (Phi) is 4.68. The molecule has 3 nitrogen and oxygen atoms in total. The molecular formula is C20H16F4N2O. The Morgan fingerprint density at radius 2 is 1.93 bits per heavy atom. The number of amides is 1. The van der Waals surface area contributed by atoms with Crippen LogP contribution in [0, 0.1) is 22.6 Å². The molecule has 3 rings (SSSR count). The fourth-order valence-electron chi connectivity index (χ4n) is 3.45. The van der Waals surface area contributed by atoms with Gasteiger partial charge in [-0.05, 0) is 54.7 Å². The monoisotopic (exact) mass is 376 g/mol. The van der Waals surface area contributed by atoms with E-state index in [9.17, 15) is 22.4 Å². The van der Waals surface area contributed by atoms with Crippen molar-refractivity contribution >= 4 is 11.6 Å². The van der Waals surface area contributed by atoms with Crippen LogP contribution in [0.1, 0.15) is 42.4 Å². The van der Waals surface area contributed by atoms with E-state index in [4.69, 9.17) is 5.26 Å². The van der Waals surface area contributed by atoms with E-state index < -0.39 is 22.7 Å². The second-order valence-electron chi connectivity index (χ2n) is 6.64. The molecule has 2 aromatic rings. The lowest BCUT2D eigenvalue weighted by atomic mass is 9.95. The van der Waals surface area contributed by atoms with Crippen LogP contribution in [-0.4, -0.2) is 5.91 Å². The van der Waals surface area contributed by atoms with Crippen molar-refractivity contribution in [2.24, 2.45) is 5.41 Å². The number of nitrogens with one attached hydrogen (secondary N) is 1. The Bertz CT molecular complexity index is 915. The Balaban J connectivity index is 1.83. The average molecular weight is 376 g/mol. The molecule has 7 heteroatoms. The van der Waals surface area contributed by atoms with Crippen LogP contribution in [-0.2, 0) is 11.0 Å². The van der Waals surface area contributed by atoms with Gasteiger partial charge in [0.25, 0.3) is 0 Å². The summed E-state index contributed by atoms with van der Waals surface area (Å²) in [5.74, 6) is -0.857. The Hall–Kier alpha value is -2.88. The molecule has 27 heavy (non-hydrogen) atoms. The number of carbonyl (C=O) groups excluding carboxylic acids is 1. The molecule has 1 aliphatic carbocycles. The summed E-state index contributed by atoms with van der Waals surface area (Å²) in [5, 5.41) is 11.4. The number of nitriles is 1. The van der Waals surface area contributed by atoms with Crippen LogP contribution in [0.25, 0.3) is 0 Å². The number of hydrogen-bond acceptors (Lipinski definition) is 2. The lowest BCUT2D eigenvalue weighted by molar-refractivity contribution is -0.137. The lowest BCUT2D eigenvalue weighted by Crippen LogP contribution is -2.25. The summed E-state index contributed by atoms with van der Waals surface area (Å²) in [6.45, 7) is 1.84. The number of halogens is 4. The summed E-state index contributed by atoms with van der Waals surface area (Å²) in [7, 11) is 0. The zero-order valence-corrected chi connectivity index (χ0v) is 14.4. The van der Waals surface area contributed by atoms with Crippen molar-refractivity contribution < 1.29 is 22.4 Å². The van der Waals surface area contributed by atoms with Gasteiger partial charge in [-0.1, -0.05) is 19.1 Å². The number of benzene rings is 2. The second kappa shape index (κ2) is 6.69. The maximum Gasteiger partial charge on any atom is 0.417 e. The van der Waals surface area contributed by atoms with Crippen molar-refractivity contribution in [1.82, 2.24) is 0 Å². The minimum Gasteiger partial charge on any atom is -0.326 e. The third-order valence-corrected chi connectivity index (χ3v) is 5.13. The SMILES string of the molecule is CCC1(C(=O)Nc2ccc(C#N)c(C(F)(F)F)c2)CC1c1ccc(F)cc1. The first-order chi connectivity index (χ1) is 12.7. The number of alkyl halides is 3. The van der Waals surface area contributed by atoms with Crippen molar-refractivity contribution in [2.45, 2.75) is 31.9 Å². The van der Waals surface area contributed by atoms with E-state index in [0.29, 0.717) is 12.8 Å². The van der Waals surface area contributed by atoms with Crippen LogP contribution in [0.5, 0.6) is 0 Å². The van der Waals surface area contributed by atoms with Gasteiger partial charge < -0.3 is 5.32 Å². The molecule has 0 bridgehead atoms. The van der Waals surface area contributed by atoms with Crippen molar-refractivity contribution in [3.05, 3.63) is 65.0 Å². The van der Waals surface area contributed by atoms with Crippen molar-refractivity contribution in [1.29, 1.82) is 5.26 Å². The molecule has 1 aliphatic rings. The van der Waals surface area contributed by atoms with E-state index in [1.807, 2.05) is 6.92 Å². The van der Waals surface area contributed by atoms with Gasteiger partial charge in [-0.15, -0.1) is 0 Å². The highest BCUT2D eigenvalue weighted by atomic mass is 19.4. The van der Waals surface area contributed by atoms with Crippen molar-refractivity contribution in [3.63, 3.8) is 0 Å². The van der Waals surface area contributed by atoms with Crippen LogP contribution < -0.4 is 5.32 Å². The molecule has 0 radical (unpaired) electrons. The normalized spacial score (nSPS) is 21.4. The maximum atomic E-state index is 13.1. The molecule has 1 amide bonds. The minimum atomic E-state index is -4.69. The fourth-order valence-corrected chi connectivity index (χ4v) is 3.45. The van der Waals surface area contributed by atoms with Crippen LogP contribution in [0.2, 0.25) is 0 Å². The predicted octanol–water partition coefficient (Wildman–Crippen LogP) is 5.24. The Labute approximate surface area is 153 Å². The van der Waals surface area contributed by atoms with Gasteiger partial charge in [-0.25, -0.2) is 4.39 Å². The number of rotatable bonds is 4. The molecular weight excluding hydrogens is 360 g/mol. The number of nitrogens with zero attached hydrogens (tertiary/aromatic N) is 1. The molecule has 1 N–H and O–H groups in total. The highest BCUT2D eigenvalue weighted by molar-refractivity contribution is 5.98. The third-order valence-electron chi connectivity index (χ3n) is 5.13. The van der Waals surface area contributed by atoms with Gasteiger partial charge in [0.05, 0.1) is 22.6 Å². The third kappa shape index (κ3) is 3.52. The maximum absolute atomic E-state index is 13.1. The standard InChI is InChI=1S/C20H16F4N2O/c1-2-19(10-17(19)12-3-6-14(21)7-4-12)18(27)26-15-8-5-13(11-25)16(9-15)20(22,23)24/h3-9,17H,2,10H2,1H3,(H,26,27). The molecule has 0 saturated heterocycles. The topological polar surface area (TPSA) is 52.9 Å². The zero-order valence-electron chi connectivity index (χ0n) is 14.4. The van der Waals surface area contributed by atoms with Gasteiger partial charge in [0.1, 0.15) is 5.82 Å². The molecule has 140 valence electrons. The van der Waals surface area contributed by atoms with Gasteiger partial charge in [-0.3, -0.25) is 4.79 Å². The second-order valence-corrected chi connectivity index (χ2v) is 6.64. The van der Waals surface area contributed by atoms with Gasteiger partial charge in [0.15, 0.2) is 0 Å². The molecule has 2 aromatic carbocycles. The fraction of sp³-hybridized carbons (Fsp3) is 0.300. The van der Waals surface area contributed by atoms with Gasteiger partial charge in [-0.2, -0.15) is 18.4 Å². The molecule has 1 saturated carbocycles. The van der Waals surface area contributed by atoms with Crippen molar-refractivity contribution in [3.8, 4) is 6.07 Å². The van der Waals surface area contributed by atoms with E-state index in [1.54, 1.807) is 12.1 Å². The molecule has 2 unspecified atom stereocenters. The highest BCUT2D eigenvalue weighted by Gasteiger charge is 2.58. The summed E-state index contributed by atoms with van der Waals surface area (Å²) in [5.41, 5.74) is -1.50. The summed E-state index contributed by atoms with van der Waals surface area (Å²) < 4.78 is 52.4. The van der Waals surface area contributed by atoms with Gasteiger partial charge >= 0.3 is 6.18 Å². The van der Waals surface area contributed by atoms with Crippen LogP contribution in [0.3, 0.4) is 0 Å². The molecule has 0 aromatic heterocycles. The highest BCUT2D eigenvalue weighted by Crippen LogP contribution is 2.62. The van der Waals surface area contributed by atoms with E-state index in [1.165, 1.54) is 24.3 Å². The molecule has 0 heterocycles. The molecule has 1 fully saturated rings. The average Bonchev–Trinajstić information content (AvgIpc) is 3.38. The first kappa shape index (κ1) is 18.9. The number of hydrogen-bond donors (Lipinski definition) is 1. The predicted molar refractivity (Wildman–Crippen MR) is 91.3 cm³/mol. The Morgan fingerprint density at radius 1 is 1.26 bits per heavy atom. The first-order valence-electron chi connectivity index (χ1n) is 8.39. The van der Waals surface area contributed by atoms with Crippen LogP contribution in [0.4, 0.5) is 23.2 Å². The largest absolute Gasteiger partial charge is 0.417 e. The summed E-state index contributed by atoms with van der Waals surface area (Å²) in [4.78, 5) is 12.8. The lowest BCUT2D eigenvalue weighted by Gasteiger charge is -2.17. The van der Waals surface area contributed by atoms with Crippen LogP contribution >= 0.6 is 0 Å². The summed E-state index contributed by atoms with van der Waals surface area (Å²) >= 11 is 0. The van der Waals surface area contributed by atoms with E-state index >= 15 is 0 Å². The van der Waals surface area contributed by atoms with Gasteiger partial charge in [0.2, 0.25) is 5.91 Å². The first-order valence-corrected chi connectivity index (χ1v) is 8.39. The van der Waals surface area contributed by atoms with Crippen LogP contribution in [0.15, 0.2) is 42.5 Å². The summed E-state index contributed by atoms with van der Waals surface area (Å²) in [6.07, 6.45) is -3.64. The smallest absolute Gasteiger partial charge is 0.326 e. The zero-order chi connectivity index (χ0) is 19.8. The number of anilines is 1. The Morgan fingerprint density at radius 3 is 2.48 bits per heavy atom.